The Labute approximate surface area is 166 Å². The molecule has 148 valence electrons. The molecule has 1 unspecified atom stereocenters. The van der Waals surface area contributed by atoms with Crippen molar-refractivity contribution in [1.82, 2.24) is 15.1 Å². The van der Waals surface area contributed by atoms with Crippen LogP contribution in [0.1, 0.15) is 62.0 Å². The Hall–Kier alpha value is -2.65. The number of aryl methyl sites for hydroxylation is 1. The maximum absolute atomic E-state index is 12.7. The van der Waals surface area contributed by atoms with Gasteiger partial charge in [-0.2, -0.15) is 0 Å². The van der Waals surface area contributed by atoms with Gasteiger partial charge in [0.25, 0.3) is 0 Å². The summed E-state index contributed by atoms with van der Waals surface area (Å²) in [5.74, 6) is 3.51. The van der Waals surface area contributed by atoms with Gasteiger partial charge in [-0.3, -0.25) is 4.79 Å². The molecule has 0 bridgehead atoms. The summed E-state index contributed by atoms with van der Waals surface area (Å²) in [7, 11) is 1.60. The molecule has 1 aliphatic rings. The van der Waals surface area contributed by atoms with E-state index < -0.39 is 6.10 Å². The fraction of sp³-hybridized carbons (Fsp3) is 0.500. The van der Waals surface area contributed by atoms with E-state index in [2.05, 4.69) is 16.1 Å². The van der Waals surface area contributed by atoms with Gasteiger partial charge in [0.05, 0.1) is 6.54 Å². The van der Waals surface area contributed by atoms with Gasteiger partial charge < -0.3 is 14.1 Å². The first-order valence-corrected chi connectivity index (χ1v) is 9.86. The highest BCUT2D eigenvalue weighted by atomic mass is 16.5. The Morgan fingerprint density at radius 3 is 2.71 bits per heavy atom. The molecule has 0 spiro atoms. The molecule has 1 aromatic heterocycles. The van der Waals surface area contributed by atoms with Crippen molar-refractivity contribution in [3.05, 3.63) is 47.7 Å². The number of hydrogen-bond donors (Lipinski definition) is 0. The highest BCUT2D eigenvalue weighted by Gasteiger charge is 2.25. The monoisotopic (exact) mass is 381 g/mol. The van der Waals surface area contributed by atoms with E-state index in [0.717, 1.165) is 31.2 Å². The molecule has 0 N–H and O–H groups in total. The lowest BCUT2D eigenvalue weighted by Crippen LogP contribution is -2.41. The van der Waals surface area contributed by atoms with Gasteiger partial charge in [-0.25, -0.2) is 0 Å². The topological polar surface area (TPSA) is 68.5 Å². The molecule has 0 saturated heterocycles. The normalized spacial score (nSPS) is 15.7. The van der Waals surface area contributed by atoms with Crippen molar-refractivity contribution < 1.29 is 13.9 Å². The molecule has 1 aliphatic carbocycles. The third kappa shape index (κ3) is 4.99. The minimum atomic E-state index is -0.418. The van der Waals surface area contributed by atoms with Crippen LogP contribution < -0.4 is 0 Å². The van der Waals surface area contributed by atoms with Crippen LogP contribution in [0.5, 0.6) is 0 Å². The van der Waals surface area contributed by atoms with Crippen molar-refractivity contribution in [3.8, 4) is 12.3 Å². The number of amides is 1. The van der Waals surface area contributed by atoms with Crippen LogP contribution in [-0.4, -0.2) is 40.7 Å². The van der Waals surface area contributed by atoms with Crippen molar-refractivity contribution in [2.75, 3.05) is 13.7 Å². The number of rotatable bonds is 8. The molecule has 1 atom stereocenters. The highest BCUT2D eigenvalue weighted by Crippen LogP contribution is 2.25. The van der Waals surface area contributed by atoms with Gasteiger partial charge in [-0.1, -0.05) is 55.5 Å². The summed E-state index contributed by atoms with van der Waals surface area (Å²) in [5, 5.41) is 8.21. The molecule has 6 heteroatoms. The lowest BCUT2D eigenvalue weighted by Gasteiger charge is -2.33. The standard InChI is InChI=1S/C22H27N3O3/c1-3-16-25(18-12-8-5-9-13-18)20(26)15-14-19-23-24-22(28-19)21(27-2)17-10-6-4-7-11-17/h1,4,6-7,10-11,18,21H,5,8-9,12-16H2,2H3. The fourth-order valence-electron chi connectivity index (χ4n) is 3.75. The molecule has 1 amide bonds. The van der Waals surface area contributed by atoms with Crippen molar-refractivity contribution in [1.29, 1.82) is 0 Å². The third-order valence-corrected chi connectivity index (χ3v) is 5.19. The lowest BCUT2D eigenvalue weighted by molar-refractivity contribution is -0.133. The molecule has 1 aromatic carbocycles. The summed E-state index contributed by atoms with van der Waals surface area (Å²) < 4.78 is 11.3. The van der Waals surface area contributed by atoms with Crippen LogP contribution in [0.2, 0.25) is 0 Å². The predicted octanol–water partition coefficient (Wildman–Crippen LogP) is 3.53. The van der Waals surface area contributed by atoms with Gasteiger partial charge in [-0.05, 0) is 18.4 Å². The van der Waals surface area contributed by atoms with E-state index in [-0.39, 0.29) is 11.9 Å². The lowest BCUT2D eigenvalue weighted by atomic mass is 9.94. The third-order valence-electron chi connectivity index (χ3n) is 5.19. The number of carbonyl (C=O) groups excluding carboxylic acids is 1. The van der Waals surface area contributed by atoms with Crippen LogP contribution in [0, 0.1) is 12.3 Å². The largest absolute Gasteiger partial charge is 0.422 e. The summed E-state index contributed by atoms with van der Waals surface area (Å²) in [6, 6.07) is 9.96. The summed E-state index contributed by atoms with van der Waals surface area (Å²) in [4.78, 5) is 14.6. The first-order valence-electron chi connectivity index (χ1n) is 9.86. The summed E-state index contributed by atoms with van der Waals surface area (Å²) in [5.41, 5.74) is 0.939. The first-order chi connectivity index (χ1) is 13.7. The molecule has 0 aliphatic heterocycles. The molecular formula is C22H27N3O3. The fourth-order valence-corrected chi connectivity index (χ4v) is 3.75. The Kier molecular flexibility index (Phi) is 7.21. The van der Waals surface area contributed by atoms with Crippen molar-refractivity contribution in [3.63, 3.8) is 0 Å². The zero-order chi connectivity index (χ0) is 19.8. The molecular weight excluding hydrogens is 354 g/mol. The van der Waals surface area contributed by atoms with Crippen LogP contribution in [-0.2, 0) is 16.0 Å². The number of benzene rings is 1. The Balaban J connectivity index is 1.61. The Morgan fingerprint density at radius 1 is 1.29 bits per heavy atom. The summed E-state index contributed by atoms with van der Waals surface area (Å²) in [6.45, 7) is 0.359. The van der Waals surface area contributed by atoms with E-state index in [1.807, 2.05) is 35.2 Å². The maximum atomic E-state index is 12.7. The molecule has 1 saturated carbocycles. The average Bonchev–Trinajstić information content (AvgIpc) is 3.21. The Morgan fingerprint density at radius 2 is 2.04 bits per heavy atom. The summed E-state index contributed by atoms with van der Waals surface area (Å²) >= 11 is 0. The number of nitrogens with zero attached hydrogens (tertiary/aromatic N) is 3. The second-order valence-corrected chi connectivity index (χ2v) is 7.08. The average molecular weight is 381 g/mol. The van der Waals surface area contributed by atoms with Gasteiger partial charge in [0.2, 0.25) is 17.7 Å². The number of carbonyl (C=O) groups is 1. The van der Waals surface area contributed by atoms with Crippen LogP contribution in [0.4, 0.5) is 0 Å². The van der Waals surface area contributed by atoms with Gasteiger partial charge in [-0.15, -0.1) is 16.6 Å². The molecule has 28 heavy (non-hydrogen) atoms. The quantitative estimate of drug-likeness (QED) is 0.654. The smallest absolute Gasteiger partial charge is 0.249 e. The van der Waals surface area contributed by atoms with E-state index >= 15 is 0 Å². The van der Waals surface area contributed by atoms with Gasteiger partial charge in [0.15, 0.2) is 6.10 Å². The van der Waals surface area contributed by atoms with E-state index in [1.54, 1.807) is 7.11 Å². The minimum Gasteiger partial charge on any atom is -0.422 e. The van der Waals surface area contributed by atoms with Crippen molar-refractivity contribution in [2.45, 2.75) is 57.1 Å². The zero-order valence-electron chi connectivity index (χ0n) is 16.3. The molecule has 1 fully saturated rings. The van der Waals surface area contributed by atoms with Gasteiger partial charge in [0, 0.05) is 26.0 Å². The molecule has 1 heterocycles. The van der Waals surface area contributed by atoms with E-state index in [9.17, 15) is 4.79 Å². The second-order valence-electron chi connectivity index (χ2n) is 7.08. The van der Waals surface area contributed by atoms with E-state index in [4.69, 9.17) is 15.6 Å². The van der Waals surface area contributed by atoms with Crippen LogP contribution in [0.15, 0.2) is 34.7 Å². The predicted molar refractivity (Wildman–Crippen MR) is 105 cm³/mol. The molecule has 6 nitrogen and oxygen atoms in total. The summed E-state index contributed by atoms with van der Waals surface area (Å²) in [6.07, 6.45) is 11.4. The number of hydrogen-bond acceptors (Lipinski definition) is 5. The SMILES string of the molecule is C#CCN(C(=O)CCc1nnc(C(OC)c2ccccc2)o1)C1CCCCC1. The number of aromatic nitrogens is 2. The van der Waals surface area contributed by atoms with Crippen LogP contribution in [0.3, 0.4) is 0 Å². The van der Waals surface area contributed by atoms with E-state index in [1.165, 1.54) is 6.42 Å². The first kappa shape index (κ1) is 20.1. The number of ether oxygens (including phenoxy) is 1. The molecule has 0 radical (unpaired) electrons. The maximum Gasteiger partial charge on any atom is 0.249 e. The molecule has 3 rings (SSSR count). The number of methoxy groups -OCH3 is 1. The van der Waals surface area contributed by atoms with Gasteiger partial charge >= 0.3 is 0 Å². The van der Waals surface area contributed by atoms with Gasteiger partial charge in [0.1, 0.15) is 0 Å². The highest BCUT2D eigenvalue weighted by molar-refractivity contribution is 5.77. The zero-order valence-corrected chi connectivity index (χ0v) is 16.3. The number of terminal acetylenes is 1. The van der Waals surface area contributed by atoms with E-state index in [0.29, 0.717) is 31.2 Å². The van der Waals surface area contributed by atoms with Crippen LogP contribution in [0.25, 0.3) is 0 Å². The van der Waals surface area contributed by atoms with Crippen molar-refractivity contribution in [2.24, 2.45) is 0 Å². The second kappa shape index (κ2) is 10.0. The minimum absolute atomic E-state index is 0.0518. The molecule has 2 aromatic rings. The van der Waals surface area contributed by atoms with Crippen LogP contribution >= 0.6 is 0 Å². The Bertz CT molecular complexity index is 791. The van der Waals surface area contributed by atoms with Crippen molar-refractivity contribution >= 4 is 5.91 Å².